The number of fused-ring (bicyclic) bond motifs is 3. The van der Waals surface area contributed by atoms with Gasteiger partial charge in [0.15, 0.2) is 0 Å². The third-order valence-corrected chi connectivity index (χ3v) is 7.45. The number of hydrogen-bond donors (Lipinski definition) is 0. The fourth-order valence-corrected chi connectivity index (χ4v) is 5.60. The van der Waals surface area contributed by atoms with Crippen LogP contribution in [0.1, 0.15) is 11.1 Å². The van der Waals surface area contributed by atoms with Gasteiger partial charge in [-0.2, -0.15) is 0 Å². The normalized spacial score (nSPS) is 11.3. The maximum absolute atomic E-state index is 2.38. The fourth-order valence-electron chi connectivity index (χ4n) is 5.60. The number of nitrogens with zero attached hydrogens (tertiary/aromatic N) is 1. The van der Waals surface area contributed by atoms with Gasteiger partial charge in [0.05, 0.1) is 11.0 Å². The molecule has 0 aliphatic rings. The van der Waals surface area contributed by atoms with Crippen LogP contribution in [-0.2, 0) is 6.42 Å². The molecule has 7 rings (SSSR count). The molecule has 1 nitrogen and oxygen atoms in total. The molecule has 0 aliphatic carbocycles. The topological polar surface area (TPSA) is 4.93 Å². The van der Waals surface area contributed by atoms with Crippen LogP contribution in [0.3, 0.4) is 0 Å². The van der Waals surface area contributed by atoms with E-state index in [0.717, 1.165) is 6.42 Å². The van der Waals surface area contributed by atoms with E-state index in [1.54, 1.807) is 0 Å². The molecule has 0 amide bonds. The molecule has 0 spiro atoms. The molecule has 1 heteroatoms. The standard InChI is InChI=1S/C37H27N/c1-3-10-29(11-4-1)30-22-18-27(19-23-30)26-28-20-24-31(25-21-28)33-15-9-17-36-37(33)34-14-7-8-16-35(34)38(36)32-12-5-2-6-13-32/h1-25H,26H2. The second-order valence-corrected chi connectivity index (χ2v) is 9.82. The van der Waals surface area contributed by atoms with Crippen LogP contribution >= 0.6 is 0 Å². The summed E-state index contributed by atoms with van der Waals surface area (Å²) in [7, 11) is 0. The summed E-state index contributed by atoms with van der Waals surface area (Å²) in [6.07, 6.45) is 0.923. The van der Waals surface area contributed by atoms with Crippen molar-refractivity contribution in [2.24, 2.45) is 0 Å². The van der Waals surface area contributed by atoms with E-state index in [1.165, 1.54) is 60.9 Å². The molecule has 7 aromatic rings. The van der Waals surface area contributed by atoms with Crippen LogP contribution in [0.25, 0.3) is 49.7 Å². The van der Waals surface area contributed by atoms with Crippen molar-refractivity contribution >= 4 is 21.8 Å². The number of aromatic nitrogens is 1. The minimum atomic E-state index is 0.923. The van der Waals surface area contributed by atoms with E-state index in [2.05, 4.69) is 156 Å². The van der Waals surface area contributed by atoms with E-state index in [4.69, 9.17) is 0 Å². The molecule has 0 radical (unpaired) electrons. The van der Waals surface area contributed by atoms with Gasteiger partial charge in [0.1, 0.15) is 0 Å². The van der Waals surface area contributed by atoms with Gasteiger partial charge in [0, 0.05) is 16.5 Å². The Bertz CT molecular complexity index is 1840. The molecule has 0 unspecified atom stereocenters. The molecule has 0 aliphatic heterocycles. The SMILES string of the molecule is c1ccc(-c2ccc(Cc3ccc(-c4cccc5c4c4ccccc4n5-c4ccccc4)cc3)cc2)cc1. The number of para-hydroxylation sites is 2. The first-order valence-corrected chi connectivity index (χ1v) is 13.2. The summed E-state index contributed by atoms with van der Waals surface area (Å²) in [6, 6.07) is 54.6. The molecule has 0 saturated heterocycles. The maximum atomic E-state index is 2.38. The van der Waals surface area contributed by atoms with Crippen molar-refractivity contribution in [1.82, 2.24) is 4.57 Å². The Hall–Kier alpha value is -4.88. The summed E-state index contributed by atoms with van der Waals surface area (Å²) < 4.78 is 2.38. The lowest BCUT2D eigenvalue weighted by atomic mass is 9.96. The summed E-state index contributed by atoms with van der Waals surface area (Å²) >= 11 is 0. The Morgan fingerprint density at radius 2 is 0.947 bits per heavy atom. The molecule has 0 bridgehead atoms. The molecule has 0 saturated carbocycles. The monoisotopic (exact) mass is 485 g/mol. The van der Waals surface area contributed by atoms with E-state index in [-0.39, 0.29) is 0 Å². The zero-order valence-electron chi connectivity index (χ0n) is 21.1. The molecule has 0 atom stereocenters. The summed E-state index contributed by atoms with van der Waals surface area (Å²) in [5, 5.41) is 2.58. The van der Waals surface area contributed by atoms with Crippen LogP contribution in [0.2, 0.25) is 0 Å². The van der Waals surface area contributed by atoms with Gasteiger partial charge in [-0.05, 0) is 64.1 Å². The first-order chi connectivity index (χ1) is 18.8. The smallest absolute Gasteiger partial charge is 0.0547 e. The van der Waals surface area contributed by atoms with Crippen LogP contribution < -0.4 is 0 Å². The lowest BCUT2D eigenvalue weighted by Gasteiger charge is -2.09. The van der Waals surface area contributed by atoms with Crippen molar-refractivity contribution in [2.75, 3.05) is 0 Å². The first-order valence-electron chi connectivity index (χ1n) is 13.2. The predicted molar refractivity (Wildman–Crippen MR) is 161 cm³/mol. The molecule has 0 N–H and O–H groups in total. The average Bonchev–Trinajstić information content (AvgIpc) is 3.34. The van der Waals surface area contributed by atoms with E-state index < -0.39 is 0 Å². The quantitative estimate of drug-likeness (QED) is 0.229. The highest BCUT2D eigenvalue weighted by molar-refractivity contribution is 6.15. The fraction of sp³-hybridized carbons (Fsp3) is 0.0270. The molecule has 1 aromatic heterocycles. The van der Waals surface area contributed by atoms with E-state index in [1.807, 2.05) is 0 Å². The van der Waals surface area contributed by atoms with E-state index >= 15 is 0 Å². The third kappa shape index (κ3) is 3.99. The van der Waals surface area contributed by atoms with Crippen LogP contribution in [-0.4, -0.2) is 4.57 Å². The van der Waals surface area contributed by atoms with Crippen molar-refractivity contribution in [2.45, 2.75) is 6.42 Å². The third-order valence-electron chi connectivity index (χ3n) is 7.45. The van der Waals surface area contributed by atoms with Crippen LogP contribution in [0, 0.1) is 0 Å². The van der Waals surface area contributed by atoms with Crippen molar-refractivity contribution in [3.8, 4) is 27.9 Å². The van der Waals surface area contributed by atoms with E-state index in [9.17, 15) is 0 Å². The van der Waals surface area contributed by atoms with Gasteiger partial charge in [-0.25, -0.2) is 0 Å². The first kappa shape index (κ1) is 22.3. The summed E-state index contributed by atoms with van der Waals surface area (Å²) in [4.78, 5) is 0. The average molecular weight is 486 g/mol. The van der Waals surface area contributed by atoms with Gasteiger partial charge in [0.2, 0.25) is 0 Å². The number of benzene rings is 6. The molecule has 0 fully saturated rings. The highest BCUT2D eigenvalue weighted by Gasteiger charge is 2.15. The number of hydrogen-bond acceptors (Lipinski definition) is 0. The molecular formula is C37H27N. The summed E-state index contributed by atoms with van der Waals surface area (Å²) in [5.41, 5.74) is 11.3. The maximum Gasteiger partial charge on any atom is 0.0547 e. The largest absolute Gasteiger partial charge is 0.309 e. The highest BCUT2D eigenvalue weighted by Crippen LogP contribution is 2.38. The Kier molecular flexibility index (Phi) is 5.60. The zero-order valence-corrected chi connectivity index (χ0v) is 21.1. The molecule has 180 valence electrons. The minimum Gasteiger partial charge on any atom is -0.309 e. The Balaban J connectivity index is 1.24. The van der Waals surface area contributed by atoms with Gasteiger partial charge in [-0.1, -0.05) is 127 Å². The second kappa shape index (κ2) is 9.53. The second-order valence-electron chi connectivity index (χ2n) is 9.82. The van der Waals surface area contributed by atoms with Gasteiger partial charge in [0.25, 0.3) is 0 Å². The van der Waals surface area contributed by atoms with Gasteiger partial charge in [-0.3, -0.25) is 0 Å². The van der Waals surface area contributed by atoms with Gasteiger partial charge >= 0.3 is 0 Å². The predicted octanol–water partition coefficient (Wildman–Crippen LogP) is 9.71. The van der Waals surface area contributed by atoms with Crippen molar-refractivity contribution in [3.05, 3.63) is 163 Å². The highest BCUT2D eigenvalue weighted by atomic mass is 15.0. The molecule has 6 aromatic carbocycles. The van der Waals surface area contributed by atoms with Crippen molar-refractivity contribution < 1.29 is 0 Å². The van der Waals surface area contributed by atoms with Crippen molar-refractivity contribution in [1.29, 1.82) is 0 Å². The van der Waals surface area contributed by atoms with Gasteiger partial charge in [-0.15, -0.1) is 0 Å². The zero-order chi connectivity index (χ0) is 25.3. The summed E-state index contributed by atoms with van der Waals surface area (Å²) in [5.74, 6) is 0. The van der Waals surface area contributed by atoms with Crippen LogP contribution in [0.4, 0.5) is 0 Å². The Morgan fingerprint density at radius 1 is 0.395 bits per heavy atom. The van der Waals surface area contributed by atoms with Crippen LogP contribution in [0.5, 0.6) is 0 Å². The van der Waals surface area contributed by atoms with E-state index in [0.29, 0.717) is 0 Å². The molecule has 38 heavy (non-hydrogen) atoms. The Morgan fingerprint density at radius 3 is 1.66 bits per heavy atom. The lowest BCUT2D eigenvalue weighted by Crippen LogP contribution is -1.93. The Labute approximate surface area is 223 Å². The minimum absolute atomic E-state index is 0.923. The summed E-state index contributed by atoms with van der Waals surface area (Å²) in [6.45, 7) is 0. The van der Waals surface area contributed by atoms with Crippen molar-refractivity contribution in [3.63, 3.8) is 0 Å². The number of rotatable bonds is 5. The van der Waals surface area contributed by atoms with Gasteiger partial charge < -0.3 is 4.57 Å². The molecule has 1 heterocycles. The van der Waals surface area contributed by atoms with Crippen LogP contribution in [0.15, 0.2) is 152 Å². The molecular weight excluding hydrogens is 458 g/mol. The lowest BCUT2D eigenvalue weighted by molar-refractivity contribution is 1.18.